The molecule has 0 amide bonds. The SMILES string of the molecule is Cc1cc(C(=O)O)nc2sc(N3CC4(CC(C=Cc5c(-c6ccccc6C(F)(F)F)noc5C5CC5)C4)C3)nc12. The Labute approximate surface area is 231 Å². The van der Waals surface area contributed by atoms with Gasteiger partial charge in [-0.2, -0.15) is 13.2 Å². The Kier molecular flexibility index (Phi) is 5.61. The van der Waals surface area contributed by atoms with Gasteiger partial charge >= 0.3 is 12.1 Å². The number of pyridine rings is 1. The zero-order valence-electron chi connectivity index (χ0n) is 21.5. The summed E-state index contributed by atoms with van der Waals surface area (Å²) in [5, 5.41) is 14.3. The fourth-order valence-corrected chi connectivity index (χ4v) is 7.13. The Hall–Kier alpha value is -3.73. The molecule has 2 aliphatic carbocycles. The summed E-state index contributed by atoms with van der Waals surface area (Å²) in [4.78, 5) is 23.2. The molecule has 0 unspecified atom stereocenters. The minimum Gasteiger partial charge on any atom is -0.477 e. The van der Waals surface area contributed by atoms with E-state index >= 15 is 0 Å². The van der Waals surface area contributed by atoms with Crippen molar-refractivity contribution in [2.45, 2.75) is 44.7 Å². The molecule has 4 heterocycles. The average molecular weight is 567 g/mol. The molecule has 0 radical (unpaired) electrons. The maximum Gasteiger partial charge on any atom is 0.417 e. The molecule has 40 heavy (non-hydrogen) atoms. The van der Waals surface area contributed by atoms with E-state index in [0.717, 1.165) is 61.1 Å². The van der Waals surface area contributed by atoms with Gasteiger partial charge in [0.25, 0.3) is 0 Å². The van der Waals surface area contributed by atoms with Gasteiger partial charge in [-0.25, -0.2) is 14.8 Å². The molecule has 3 aromatic heterocycles. The highest BCUT2D eigenvalue weighted by atomic mass is 32.1. The second-order valence-corrected chi connectivity index (χ2v) is 12.2. The Balaban J connectivity index is 1.06. The van der Waals surface area contributed by atoms with E-state index in [-0.39, 0.29) is 28.3 Å². The number of alkyl halides is 3. The number of benzene rings is 1. The van der Waals surface area contributed by atoms with Crippen molar-refractivity contribution in [2.24, 2.45) is 11.3 Å². The van der Waals surface area contributed by atoms with Crippen LogP contribution >= 0.6 is 11.3 Å². The quantitative estimate of drug-likeness (QED) is 0.264. The number of fused-ring (bicyclic) bond motifs is 1. The van der Waals surface area contributed by atoms with Crippen LogP contribution in [0.25, 0.3) is 27.7 Å². The van der Waals surface area contributed by atoms with E-state index in [9.17, 15) is 23.1 Å². The van der Waals surface area contributed by atoms with Crippen molar-refractivity contribution in [3.63, 3.8) is 0 Å². The lowest BCUT2D eigenvalue weighted by molar-refractivity contribution is -0.137. The van der Waals surface area contributed by atoms with Crippen molar-refractivity contribution in [2.75, 3.05) is 18.0 Å². The van der Waals surface area contributed by atoms with Gasteiger partial charge in [-0.3, -0.25) is 0 Å². The Morgan fingerprint density at radius 3 is 2.65 bits per heavy atom. The maximum atomic E-state index is 13.7. The summed E-state index contributed by atoms with van der Waals surface area (Å²) in [6, 6.07) is 7.07. The molecule has 206 valence electrons. The highest BCUT2D eigenvalue weighted by Gasteiger charge is 2.52. The van der Waals surface area contributed by atoms with Gasteiger partial charge in [0, 0.05) is 35.5 Å². The van der Waals surface area contributed by atoms with Crippen LogP contribution in [0.15, 0.2) is 40.9 Å². The van der Waals surface area contributed by atoms with Gasteiger partial charge in [0.05, 0.1) is 5.56 Å². The first kappa shape index (κ1) is 25.3. The maximum absolute atomic E-state index is 13.7. The third-order valence-electron chi connectivity index (χ3n) is 8.21. The van der Waals surface area contributed by atoms with Crippen LogP contribution in [-0.4, -0.2) is 39.3 Å². The zero-order valence-corrected chi connectivity index (χ0v) is 22.3. The molecule has 1 aromatic carbocycles. The molecule has 4 aromatic rings. The molecule has 0 atom stereocenters. The number of aromatic nitrogens is 3. The number of thiazole rings is 1. The zero-order chi connectivity index (χ0) is 27.8. The minimum absolute atomic E-state index is 0.0246. The van der Waals surface area contributed by atoms with Gasteiger partial charge in [-0.15, -0.1) is 0 Å². The van der Waals surface area contributed by atoms with Crippen LogP contribution < -0.4 is 4.90 Å². The third-order valence-corrected chi connectivity index (χ3v) is 9.22. The molecule has 0 bridgehead atoms. The summed E-state index contributed by atoms with van der Waals surface area (Å²) in [5.74, 6) is 0.166. The van der Waals surface area contributed by atoms with Gasteiger partial charge in [0.1, 0.15) is 27.5 Å². The summed E-state index contributed by atoms with van der Waals surface area (Å²) in [5.41, 5.74) is 2.00. The Bertz CT molecular complexity index is 1670. The first-order chi connectivity index (χ1) is 19.1. The van der Waals surface area contributed by atoms with Crippen LogP contribution in [0.3, 0.4) is 0 Å². The van der Waals surface area contributed by atoms with Crippen molar-refractivity contribution < 1.29 is 27.6 Å². The lowest BCUT2D eigenvalue weighted by Crippen LogP contribution is -2.62. The van der Waals surface area contributed by atoms with Gasteiger partial charge in [-0.1, -0.05) is 46.8 Å². The van der Waals surface area contributed by atoms with E-state index in [0.29, 0.717) is 22.1 Å². The van der Waals surface area contributed by atoms with Crippen molar-refractivity contribution >= 4 is 38.9 Å². The minimum atomic E-state index is -4.48. The smallest absolute Gasteiger partial charge is 0.417 e. The van der Waals surface area contributed by atoms with Crippen LogP contribution in [0.2, 0.25) is 0 Å². The number of carbonyl (C=O) groups is 1. The normalized spacial score (nSPS) is 18.9. The topological polar surface area (TPSA) is 92.3 Å². The van der Waals surface area contributed by atoms with E-state index in [1.165, 1.54) is 23.5 Å². The van der Waals surface area contributed by atoms with E-state index in [1.54, 1.807) is 12.1 Å². The van der Waals surface area contributed by atoms with Gasteiger partial charge in [0.15, 0.2) is 5.13 Å². The van der Waals surface area contributed by atoms with E-state index in [4.69, 9.17) is 9.51 Å². The van der Waals surface area contributed by atoms with Crippen molar-refractivity contribution in [1.82, 2.24) is 15.1 Å². The predicted octanol–water partition coefficient (Wildman–Crippen LogP) is 7.18. The second kappa shape index (κ2) is 8.89. The number of hydrogen-bond acceptors (Lipinski definition) is 7. The fourth-order valence-electron chi connectivity index (χ4n) is 6.11. The molecule has 7 rings (SSSR count). The first-order valence-electron chi connectivity index (χ1n) is 13.2. The first-order valence-corrected chi connectivity index (χ1v) is 14.0. The molecule has 1 N–H and O–H groups in total. The monoisotopic (exact) mass is 566 g/mol. The summed E-state index contributed by atoms with van der Waals surface area (Å²) in [6.07, 6.45) is 3.43. The molecule has 1 aliphatic heterocycles. The summed E-state index contributed by atoms with van der Waals surface area (Å²) >= 11 is 1.41. The lowest BCUT2D eigenvalue weighted by Gasteiger charge is -2.58. The van der Waals surface area contributed by atoms with Crippen molar-refractivity contribution in [3.8, 4) is 11.3 Å². The lowest BCUT2D eigenvalue weighted by atomic mass is 9.58. The van der Waals surface area contributed by atoms with E-state index in [1.807, 2.05) is 13.0 Å². The fraction of sp³-hybridized carbons (Fsp3) is 0.379. The number of halogens is 3. The number of nitrogens with zero attached hydrogens (tertiary/aromatic N) is 4. The van der Waals surface area contributed by atoms with Crippen LogP contribution in [0, 0.1) is 18.3 Å². The van der Waals surface area contributed by atoms with Crippen LogP contribution in [0.1, 0.15) is 64.5 Å². The number of aromatic carboxylic acids is 1. The second-order valence-electron chi connectivity index (χ2n) is 11.3. The van der Waals surface area contributed by atoms with Crippen LogP contribution in [-0.2, 0) is 6.18 Å². The molecule has 3 fully saturated rings. The largest absolute Gasteiger partial charge is 0.477 e. The van der Waals surface area contributed by atoms with Crippen LogP contribution in [0.5, 0.6) is 0 Å². The number of anilines is 1. The standard InChI is InChI=1S/C29H25F3N4O3S/c1-15-10-21(26(37)38)33-25-22(15)34-27(40-25)36-13-28(14-36)11-16(12-28)6-9-19-23(35-39-24(19)17-7-8-17)18-4-2-3-5-20(18)29(30,31)32/h2-6,9-10,16-17H,7-8,11-14H2,1H3,(H,37,38). The van der Waals surface area contributed by atoms with Gasteiger partial charge < -0.3 is 14.5 Å². The molecular formula is C29H25F3N4O3S. The van der Waals surface area contributed by atoms with Gasteiger partial charge in [0.2, 0.25) is 0 Å². The number of rotatable bonds is 6. The molecule has 1 spiro atoms. The molecular weight excluding hydrogens is 541 g/mol. The number of allylic oxidation sites excluding steroid dienone is 1. The van der Waals surface area contributed by atoms with Crippen molar-refractivity contribution in [1.29, 1.82) is 0 Å². The predicted molar refractivity (Wildman–Crippen MR) is 144 cm³/mol. The van der Waals surface area contributed by atoms with E-state index < -0.39 is 17.7 Å². The molecule has 1 saturated heterocycles. The molecule has 7 nitrogen and oxygen atoms in total. The molecule has 11 heteroatoms. The third kappa shape index (κ3) is 4.27. The van der Waals surface area contributed by atoms with Crippen molar-refractivity contribution in [3.05, 3.63) is 64.6 Å². The molecule has 3 aliphatic rings. The van der Waals surface area contributed by atoms with E-state index in [2.05, 4.69) is 21.1 Å². The number of hydrogen-bond donors (Lipinski definition) is 1. The van der Waals surface area contributed by atoms with Crippen LogP contribution in [0.4, 0.5) is 18.3 Å². The number of carboxylic acid groups (broad SMARTS) is 1. The number of carboxylic acids is 1. The summed E-state index contributed by atoms with van der Waals surface area (Å²) in [6.45, 7) is 3.58. The Morgan fingerprint density at radius 2 is 1.95 bits per heavy atom. The Morgan fingerprint density at radius 1 is 1.20 bits per heavy atom. The summed E-state index contributed by atoms with van der Waals surface area (Å²) in [7, 11) is 0. The highest BCUT2D eigenvalue weighted by molar-refractivity contribution is 7.21. The summed E-state index contributed by atoms with van der Waals surface area (Å²) < 4.78 is 46.8. The molecule has 2 saturated carbocycles. The average Bonchev–Trinajstić information content (AvgIpc) is 3.47. The number of aryl methyl sites for hydroxylation is 1. The van der Waals surface area contributed by atoms with Gasteiger partial charge in [-0.05, 0) is 56.2 Å². The highest BCUT2D eigenvalue weighted by Crippen LogP contribution is 2.54.